The summed E-state index contributed by atoms with van der Waals surface area (Å²) in [4.78, 5) is 27.4. The molecule has 2 heterocycles. The summed E-state index contributed by atoms with van der Waals surface area (Å²) < 4.78 is 41.3. The van der Waals surface area contributed by atoms with E-state index in [9.17, 15) is 13.2 Å². The van der Waals surface area contributed by atoms with Gasteiger partial charge in [0.05, 0.1) is 23.2 Å². The zero-order valence-corrected chi connectivity index (χ0v) is 28.9. The maximum Gasteiger partial charge on any atom is 0.268 e. The molecule has 4 rings (SSSR count). The van der Waals surface area contributed by atoms with Gasteiger partial charge in [-0.25, -0.2) is 17.7 Å². The molecule has 4 bridgehead atoms. The Morgan fingerprint density at radius 1 is 1.11 bits per heavy atom. The van der Waals surface area contributed by atoms with Crippen molar-refractivity contribution in [3.63, 3.8) is 0 Å². The van der Waals surface area contributed by atoms with E-state index in [1.54, 1.807) is 29.2 Å². The van der Waals surface area contributed by atoms with Crippen LogP contribution in [-0.4, -0.2) is 81.2 Å². The Bertz CT molecular complexity index is 1710. The van der Waals surface area contributed by atoms with Crippen LogP contribution in [-0.2, 0) is 14.8 Å². The Kier molecular flexibility index (Phi) is 10.6. The molecule has 1 amide bonds. The summed E-state index contributed by atoms with van der Waals surface area (Å²) in [5.74, 6) is -0.232. The predicted molar refractivity (Wildman–Crippen MR) is 181 cm³/mol. The molecule has 11 heteroatoms. The Hall–Kier alpha value is -4.22. The lowest BCUT2D eigenvalue weighted by atomic mass is 9.87. The second kappa shape index (κ2) is 14.0. The van der Waals surface area contributed by atoms with E-state index in [1.807, 2.05) is 57.1 Å². The third-order valence-electron chi connectivity index (χ3n) is 7.76. The Morgan fingerprint density at radius 3 is 2.39 bits per heavy atom. The Morgan fingerprint density at radius 2 is 1.78 bits per heavy atom. The molecule has 0 fully saturated rings. The molecule has 0 radical (unpaired) electrons. The summed E-state index contributed by atoms with van der Waals surface area (Å²) in [5, 5.41) is 0. The normalized spacial score (nSPS) is 17.0. The Balaban J connectivity index is 2.01. The molecule has 2 aromatic carbocycles. The molecule has 1 atom stereocenters. The fourth-order valence-electron chi connectivity index (χ4n) is 5.55. The van der Waals surface area contributed by atoms with Crippen molar-refractivity contribution in [3.05, 3.63) is 89.6 Å². The summed E-state index contributed by atoms with van der Waals surface area (Å²) in [6.07, 6.45) is 4.15. The van der Waals surface area contributed by atoms with Gasteiger partial charge in [-0.05, 0) is 61.1 Å². The molecular weight excluding hydrogens is 602 g/mol. The van der Waals surface area contributed by atoms with Crippen LogP contribution in [0.2, 0.25) is 0 Å². The number of benzene rings is 2. The number of sulfonamides is 1. The topological polar surface area (TPSA) is 105 Å². The number of likely N-dealkylation sites (N-methyl/N-ethyl adjacent to an activating group) is 1. The van der Waals surface area contributed by atoms with E-state index in [-0.39, 0.29) is 53.5 Å². The number of carbonyl (C=O) groups excluding carboxylic acids is 1. The molecule has 1 aliphatic heterocycles. The lowest BCUT2D eigenvalue weighted by Gasteiger charge is -2.37. The number of aryl methyl sites for hydroxylation is 2. The zero-order chi connectivity index (χ0) is 33.8. The first-order valence-corrected chi connectivity index (χ1v) is 16.6. The standard InChI is InChI=1S/C35H45N5O5S/c1-10-13-27(38(7)8)21-39-28(20-35(4,5)6)22-45-31-19-30(32-24(2)14-11-15-25(32)3)36-34(37-31)40(23-44-9)46(42,43)29-17-12-16-26(18-29)33(39)41/h10-19,28H,1,20-23H2,2-9H3/b27-13-/t28-/m1/s1. The van der Waals surface area contributed by atoms with Crippen LogP contribution in [0.1, 0.15) is 48.7 Å². The molecule has 0 aliphatic carbocycles. The quantitative estimate of drug-likeness (QED) is 0.281. The molecule has 46 heavy (non-hydrogen) atoms. The molecule has 246 valence electrons. The second-order valence-corrected chi connectivity index (χ2v) is 14.8. The van der Waals surface area contributed by atoms with Crippen molar-refractivity contribution in [2.24, 2.45) is 5.41 Å². The molecule has 0 saturated heterocycles. The summed E-state index contributed by atoms with van der Waals surface area (Å²) >= 11 is 0. The fourth-order valence-corrected chi connectivity index (χ4v) is 6.87. The third-order valence-corrected chi connectivity index (χ3v) is 9.46. The van der Waals surface area contributed by atoms with Crippen molar-refractivity contribution in [1.82, 2.24) is 19.8 Å². The maximum absolute atomic E-state index is 14.4. The van der Waals surface area contributed by atoms with Gasteiger partial charge in [-0.15, -0.1) is 0 Å². The van der Waals surface area contributed by atoms with Crippen LogP contribution in [0.15, 0.2) is 77.9 Å². The average molecular weight is 648 g/mol. The number of allylic oxidation sites excluding steroid dienone is 2. The molecule has 1 aliphatic rings. The van der Waals surface area contributed by atoms with Crippen LogP contribution >= 0.6 is 0 Å². The van der Waals surface area contributed by atoms with Gasteiger partial charge in [0.1, 0.15) is 13.3 Å². The number of rotatable bonds is 8. The molecule has 1 aromatic heterocycles. The van der Waals surface area contributed by atoms with Crippen LogP contribution in [0.4, 0.5) is 5.95 Å². The van der Waals surface area contributed by atoms with E-state index >= 15 is 0 Å². The lowest BCUT2D eigenvalue weighted by molar-refractivity contribution is 0.0550. The van der Waals surface area contributed by atoms with Gasteiger partial charge in [-0.2, -0.15) is 4.98 Å². The first-order chi connectivity index (χ1) is 21.7. The number of carbonyl (C=O) groups is 1. The summed E-state index contributed by atoms with van der Waals surface area (Å²) in [5.41, 5.74) is 4.21. The Labute approximate surface area is 273 Å². The highest BCUT2D eigenvalue weighted by atomic mass is 32.2. The number of anilines is 1. The van der Waals surface area contributed by atoms with Crippen molar-refractivity contribution in [1.29, 1.82) is 0 Å². The number of fused-ring (bicyclic) bond motifs is 4. The molecule has 0 unspecified atom stereocenters. The largest absolute Gasteiger partial charge is 0.475 e. The van der Waals surface area contributed by atoms with Crippen LogP contribution < -0.4 is 9.04 Å². The van der Waals surface area contributed by atoms with Gasteiger partial charge in [-0.3, -0.25) is 4.79 Å². The van der Waals surface area contributed by atoms with Gasteiger partial charge in [0, 0.05) is 44.1 Å². The van der Waals surface area contributed by atoms with Crippen molar-refractivity contribution in [2.45, 2.75) is 52.0 Å². The lowest BCUT2D eigenvalue weighted by Crippen LogP contribution is -2.47. The molecule has 10 nitrogen and oxygen atoms in total. The van der Waals surface area contributed by atoms with Crippen molar-refractivity contribution in [3.8, 4) is 17.1 Å². The molecular formula is C35H45N5O5S. The first kappa shape index (κ1) is 34.6. The van der Waals surface area contributed by atoms with E-state index in [4.69, 9.17) is 14.5 Å². The third kappa shape index (κ3) is 7.76. The zero-order valence-electron chi connectivity index (χ0n) is 28.1. The highest BCUT2D eigenvalue weighted by molar-refractivity contribution is 7.92. The number of methoxy groups -OCH3 is 1. The average Bonchev–Trinajstić information content (AvgIpc) is 2.98. The molecule has 0 N–H and O–H groups in total. The van der Waals surface area contributed by atoms with Crippen molar-refractivity contribution in [2.75, 3.05) is 45.4 Å². The molecule has 0 saturated carbocycles. The van der Waals surface area contributed by atoms with Crippen LogP contribution in [0.5, 0.6) is 5.88 Å². The number of hydrogen-bond donors (Lipinski definition) is 0. The van der Waals surface area contributed by atoms with Crippen molar-refractivity contribution < 1.29 is 22.7 Å². The minimum Gasteiger partial charge on any atom is -0.475 e. The molecule has 3 aromatic rings. The van der Waals surface area contributed by atoms with Gasteiger partial charge in [0.15, 0.2) is 0 Å². The molecule has 0 spiro atoms. The highest BCUT2D eigenvalue weighted by Gasteiger charge is 2.34. The number of nitrogens with zero attached hydrogens (tertiary/aromatic N) is 5. The van der Waals surface area contributed by atoms with E-state index in [0.29, 0.717) is 12.1 Å². The van der Waals surface area contributed by atoms with Gasteiger partial charge in [-0.1, -0.05) is 57.7 Å². The smallest absolute Gasteiger partial charge is 0.268 e. The highest BCUT2D eigenvalue weighted by Crippen LogP contribution is 2.33. The van der Waals surface area contributed by atoms with Crippen LogP contribution in [0.25, 0.3) is 11.3 Å². The monoisotopic (exact) mass is 647 g/mol. The minimum atomic E-state index is -4.29. The minimum absolute atomic E-state index is 0.0834. The first-order valence-electron chi connectivity index (χ1n) is 15.2. The fraction of sp³-hybridized carbons (Fsp3) is 0.400. The van der Waals surface area contributed by atoms with Gasteiger partial charge in [0.25, 0.3) is 15.9 Å². The van der Waals surface area contributed by atoms with E-state index in [2.05, 4.69) is 32.3 Å². The number of amides is 1. The summed E-state index contributed by atoms with van der Waals surface area (Å²) in [6, 6.07) is 13.3. The SMILES string of the molecule is C=C/C=C(/CN1C(=O)c2cccc(c2)S(=O)(=O)N(COC)c2nc(cc(-c3c(C)cccc3C)n2)OC[C@H]1CC(C)(C)C)N(C)C. The maximum atomic E-state index is 14.4. The second-order valence-electron chi connectivity index (χ2n) is 12.9. The van der Waals surface area contributed by atoms with E-state index < -0.39 is 16.1 Å². The van der Waals surface area contributed by atoms with E-state index in [0.717, 1.165) is 26.7 Å². The van der Waals surface area contributed by atoms with Gasteiger partial charge in [0.2, 0.25) is 11.8 Å². The van der Waals surface area contributed by atoms with Crippen LogP contribution in [0, 0.1) is 19.3 Å². The van der Waals surface area contributed by atoms with E-state index in [1.165, 1.54) is 19.2 Å². The summed E-state index contributed by atoms with van der Waals surface area (Å²) in [6.45, 7) is 14.1. The van der Waals surface area contributed by atoms with Gasteiger partial charge < -0.3 is 19.3 Å². The van der Waals surface area contributed by atoms with Crippen LogP contribution in [0.3, 0.4) is 0 Å². The number of hydrogen-bond acceptors (Lipinski definition) is 8. The predicted octanol–water partition coefficient (Wildman–Crippen LogP) is 5.83. The van der Waals surface area contributed by atoms with Crippen molar-refractivity contribution >= 4 is 21.9 Å². The summed E-state index contributed by atoms with van der Waals surface area (Å²) in [7, 11) is 0.930. The number of ether oxygens (including phenoxy) is 2. The number of aromatic nitrogens is 2. The van der Waals surface area contributed by atoms with Gasteiger partial charge >= 0.3 is 0 Å².